The number of rotatable bonds is 2. The highest BCUT2D eigenvalue weighted by Crippen LogP contribution is 2.19. The van der Waals surface area contributed by atoms with Crippen molar-refractivity contribution < 1.29 is 4.79 Å². The number of carbonyl (C=O) groups excluding carboxylic acids is 1. The quantitative estimate of drug-likeness (QED) is 0.601. The van der Waals surface area contributed by atoms with Crippen molar-refractivity contribution in [3.63, 3.8) is 0 Å². The highest BCUT2D eigenvalue weighted by molar-refractivity contribution is 6.04. The van der Waals surface area contributed by atoms with E-state index in [4.69, 9.17) is 17.2 Å². The van der Waals surface area contributed by atoms with Gasteiger partial charge in [-0.1, -0.05) is 0 Å². The van der Waals surface area contributed by atoms with Gasteiger partial charge in [-0.2, -0.15) is 0 Å². The molecule has 0 fully saturated rings. The van der Waals surface area contributed by atoms with Crippen molar-refractivity contribution in [2.45, 2.75) is 0 Å². The monoisotopic (exact) mass is 242 g/mol. The smallest absolute Gasteiger partial charge is 0.255 e. The summed E-state index contributed by atoms with van der Waals surface area (Å²) in [4.78, 5) is 11.9. The molecule has 2 aromatic carbocycles. The van der Waals surface area contributed by atoms with Crippen LogP contribution in [-0.4, -0.2) is 5.91 Å². The summed E-state index contributed by atoms with van der Waals surface area (Å²) in [5.41, 5.74) is 19.5. The van der Waals surface area contributed by atoms with Gasteiger partial charge in [0.15, 0.2) is 0 Å². The van der Waals surface area contributed by atoms with Gasteiger partial charge in [0, 0.05) is 28.3 Å². The molecule has 92 valence electrons. The normalized spacial score (nSPS) is 10.0. The van der Waals surface area contributed by atoms with Crippen molar-refractivity contribution in [3.05, 3.63) is 48.0 Å². The number of nitrogens with one attached hydrogen (secondary N) is 1. The van der Waals surface area contributed by atoms with Gasteiger partial charge in [0.25, 0.3) is 5.91 Å². The lowest BCUT2D eigenvalue weighted by molar-refractivity contribution is 0.102. The zero-order valence-electron chi connectivity index (χ0n) is 9.68. The molecule has 0 radical (unpaired) electrons. The minimum atomic E-state index is -0.236. The Morgan fingerprint density at radius 2 is 1.39 bits per heavy atom. The van der Waals surface area contributed by atoms with E-state index < -0.39 is 0 Å². The lowest BCUT2D eigenvalue weighted by Gasteiger charge is -2.07. The van der Waals surface area contributed by atoms with Crippen molar-refractivity contribution in [3.8, 4) is 0 Å². The number of carbonyl (C=O) groups is 1. The van der Waals surface area contributed by atoms with E-state index in [1.165, 1.54) is 0 Å². The van der Waals surface area contributed by atoms with Crippen LogP contribution in [-0.2, 0) is 0 Å². The molecule has 0 bridgehead atoms. The molecular formula is C13H14N4O. The number of anilines is 4. The molecule has 2 rings (SSSR count). The Hall–Kier alpha value is -2.69. The summed E-state index contributed by atoms with van der Waals surface area (Å²) < 4.78 is 0. The van der Waals surface area contributed by atoms with Crippen LogP contribution in [0, 0.1) is 0 Å². The first-order chi connectivity index (χ1) is 8.54. The van der Waals surface area contributed by atoms with E-state index in [1.807, 2.05) is 0 Å². The average Bonchev–Trinajstić information content (AvgIpc) is 2.28. The summed E-state index contributed by atoms with van der Waals surface area (Å²) in [5, 5.41) is 2.72. The number of nitrogens with two attached hydrogens (primary N) is 3. The molecule has 0 unspecified atom stereocenters. The third kappa shape index (κ3) is 2.70. The van der Waals surface area contributed by atoms with Gasteiger partial charge in [-0.15, -0.1) is 0 Å². The number of hydrogen-bond acceptors (Lipinski definition) is 4. The standard InChI is InChI=1S/C13H14N4O/c14-9-3-1-8(2-4-9)13(18)17-12-6-10(15)5-11(16)7-12/h1-7H,14-16H2,(H,17,18). The van der Waals surface area contributed by atoms with Crippen LogP contribution >= 0.6 is 0 Å². The molecule has 18 heavy (non-hydrogen) atoms. The van der Waals surface area contributed by atoms with E-state index in [2.05, 4.69) is 5.32 Å². The molecule has 0 aliphatic heterocycles. The summed E-state index contributed by atoms with van der Waals surface area (Å²) in [6.07, 6.45) is 0. The molecule has 0 atom stereocenters. The lowest BCUT2D eigenvalue weighted by atomic mass is 10.2. The molecule has 0 saturated carbocycles. The van der Waals surface area contributed by atoms with Crippen LogP contribution in [0.15, 0.2) is 42.5 Å². The first-order valence-corrected chi connectivity index (χ1v) is 5.37. The molecule has 1 amide bonds. The Kier molecular flexibility index (Phi) is 3.05. The Morgan fingerprint density at radius 1 is 0.833 bits per heavy atom. The molecule has 5 heteroatoms. The van der Waals surface area contributed by atoms with Crippen LogP contribution in [0.3, 0.4) is 0 Å². The number of hydrogen-bond donors (Lipinski definition) is 4. The molecule has 0 aliphatic rings. The van der Waals surface area contributed by atoms with E-state index in [1.54, 1.807) is 42.5 Å². The van der Waals surface area contributed by atoms with Crippen LogP contribution in [0.1, 0.15) is 10.4 Å². The van der Waals surface area contributed by atoms with Crippen LogP contribution in [0.25, 0.3) is 0 Å². The molecule has 0 heterocycles. The number of benzene rings is 2. The van der Waals surface area contributed by atoms with Gasteiger partial charge in [-0.05, 0) is 42.5 Å². The van der Waals surface area contributed by atoms with Gasteiger partial charge in [-0.25, -0.2) is 0 Å². The number of amides is 1. The summed E-state index contributed by atoms with van der Waals surface area (Å²) in [6, 6.07) is 11.6. The maximum Gasteiger partial charge on any atom is 0.255 e. The summed E-state index contributed by atoms with van der Waals surface area (Å²) >= 11 is 0. The fraction of sp³-hybridized carbons (Fsp3) is 0. The van der Waals surface area contributed by atoms with Gasteiger partial charge in [0.1, 0.15) is 0 Å². The first-order valence-electron chi connectivity index (χ1n) is 5.37. The fourth-order valence-corrected chi connectivity index (χ4v) is 1.59. The molecule has 7 N–H and O–H groups in total. The van der Waals surface area contributed by atoms with E-state index in [-0.39, 0.29) is 5.91 Å². The summed E-state index contributed by atoms with van der Waals surface area (Å²) in [5.74, 6) is -0.236. The molecule has 5 nitrogen and oxygen atoms in total. The van der Waals surface area contributed by atoms with Crippen LogP contribution < -0.4 is 22.5 Å². The van der Waals surface area contributed by atoms with Gasteiger partial charge >= 0.3 is 0 Å². The molecule has 0 saturated heterocycles. The lowest BCUT2D eigenvalue weighted by Crippen LogP contribution is -2.12. The van der Waals surface area contributed by atoms with E-state index in [0.717, 1.165) is 0 Å². The van der Waals surface area contributed by atoms with Crippen molar-refractivity contribution >= 4 is 28.7 Å². The molecule has 0 aliphatic carbocycles. The largest absolute Gasteiger partial charge is 0.399 e. The minimum Gasteiger partial charge on any atom is -0.399 e. The SMILES string of the molecule is Nc1ccc(C(=O)Nc2cc(N)cc(N)c2)cc1. The summed E-state index contributed by atoms with van der Waals surface area (Å²) in [7, 11) is 0. The van der Waals surface area contributed by atoms with E-state index in [9.17, 15) is 4.79 Å². The third-order valence-corrected chi connectivity index (χ3v) is 2.41. The highest BCUT2D eigenvalue weighted by Gasteiger charge is 2.06. The second-order valence-corrected chi connectivity index (χ2v) is 3.96. The summed E-state index contributed by atoms with van der Waals surface area (Å²) in [6.45, 7) is 0. The van der Waals surface area contributed by atoms with E-state index in [0.29, 0.717) is 28.3 Å². The van der Waals surface area contributed by atoms with Gasteiger partial charge < -0.3 is 22.5 Å². The zero-order chi connectivity index (χ0) is 13.1. The predicted octanol–water partition coefficient (Wildman–Crippen LogP) is 1.69. The Balaban J connectivity index is 2.18. The second-order valence-electron chi connectivity index (χ2n) is 3.96. The van der Waals surface area contributed by atoms with Crippen LogP contribution in [0.2, 0.25) is 0 Å². The minimum absolute atomic E-state index is 0.236. The van der Waals surface area contributed by atoms with Gasteiger partial charge in [0.2, 0.25) is 0 Å². The first kappa shape index (κ1) is 11.8. The van der Waals surface area contributed by atoms with Crippen molar-refractivity contribution in [1.29, 1.82) is 0 Å². The Morgan fingerprint density at radius 3 is 1.94 bits per heavy atom. The maximum atomic E-state index is 11.9. The van der Waals surface area contributed by atoms with Crippen molar-refractivity contribution in [2.75, 3.05) is 22.5 Å². The molecule has 2 aromatic rings. The third-order valence-electron chi connectivity index (χ3n) is 2.41. The van der Waals surface area contributed by atoms with Crippen molar-refractivity contribution in [2.24, 2.45) is 0 Å². The average molecular weight is 242 g/mol. The fourth-order valence-electron chi connectivity index (χ4n) is 1.59. The second kappa shape index (κ2) is 4.67. The van der Waals surface area contributed by atoms with E-state index >= 15 is 0 Å². The van der Waals surface area contributed by atoms with Crippen LogP contribution in [0.5, 0.6) is 0 Å². The topological polar surface area (TPSA) is 107 Å². The van der Waals surface area contributed by atoms with Crippen LogP contribution in [0.4, 0.5) is 22.7 Å². The Bertz CT molecular complexity index is 558. The van der Waals surface area contributed by atoms with Gasteiger partial charge in [-0.3, -0.25) is 4.79 Å². The molecule has 0 aromatic heterocycles. The number of nitrogen functional groups attached to an aromatic ring is 3. The van der Waals surface area contributed by atoms with Gasteiger partial charge in [0.05, 0.1) is 0 Å². The predicted molar refractivity (Wildman–Crippen MR) is 74.1 cm³/mol. The molecular weight excluding hydrogens is 228 g/mol. The highest BCUT2D eigenvalue weighted by atomic mass is 16.1. The Labute approximate surface area is 105 Å². The molecule has 0 spiro atoms. The zero-order valence-corrected chi connectivity index (χ0v) is 9.68. The maximum absolute atomic E-state index is 11.9. The van der Waals surface area contributed by atoms with Crippen molar-refractivity contribution in [1.82, 2.24) is 0 Å².